The van der Waals surface area contributed by atoms with Crippen molar-refractivity contribution < 1.29 is 14.2 Å². The average Bonchev–Trinajstić information content (AvgIpc) is 2.46. The summed E-state index contributed by atoms with van der Waals surface area (Å²) in [5.41, 5.74) is 1.22. The number of benzene rings is 1. The number of methoxy groups -OCH3 is 3. The highest BCUT2D eigenvalue weighted by Gasteiger charge is 2.20. The summed E-state index contributed by atoms with van der Waals surface area (Å²) in [4.78, 5) is 0. The molecule has 0 saturated carbocycles. The fourth-order valence-electron chi connectivity index (χ4n) is 2.48. The van der Waals surface area contributed by atoms with Gasteiger partial charge in [0.2, 0.25) is 5.75 Å². The number of ether oxygens (including phenoxy) is 3. The van der Waals surface area contributed by atoms with Gasteiger partial charge in [0.05, 0.1) is 21.3 Å². The minimum atomic E-state index is 0.509. The van der Waals surface area contributed by atoms with Gasteiger partial charge in [-0.1, -0.05) is 32.8 Å². The van der Waals surface area contributed by atoms with Crippen LogP contribution < -0.4 is 14.2 Å². The van der Waals surface area contributed by atoms with Crippen molar-refractivity contribution in [3.8, 4) is 17.2 Å². The molecule has 1 unspecified atom stereocenters. The third-order valence-electron chi connectivity index (χ3n) is 3.57. The molecule has 0 aliphatic rings. The van der Waals surface area contributed by atoms with Crippen LogP contribution in [0.2, 0.25) is 0 Å². The standard InChI is InChI=1S/C16H26O3/c1-6-8-9-12(7-2)13-10-11-14(17-3)16(19-5)15(13)18-4/h10-12H,6-9H2,1-5H3. The van der Waals surface area contributed by atoms with Crippen LogP contribution in [0.1, 0.15) is 51.0 Å². The predicted molar refractivity (Wildman–Crippen MR) is 78.7 cm³/mol. The Morgan fingerprint density at radius 3 is 2.11 bits per heavy atom. The molecule has 0 aromatic heterocycles. The van der Waals surface area contributed by atoms with Crippen LogP contribution in [0.5, 0.6) is 17.2 Å². The molecule has 0 amide bonds. The monoisotopic (exact) mass is 266 g/mol. The Hall–Kier alpha value is -1.38. The van der Waals surface area contributed by atoms with Crippen LogP contribution >= 0.6 is 0 Å². The van der Waals surface area contributed by atoms with Gasteiger partial charge in [0, 0.05) is 5.56 Å². The van der Waals surface area contributed by atoms with E-state index in [0.29, 0.717) is 17.4 Å². The summed E-state index contributed by atoms with van der Waals surface area (Å²) in [5.74, 6) is 2.73. The highest BCUT2D eigenvalue weighted by Crippen LogP contribution is 2.44. The molecule has 0 aliphatic carbocycles. The zero-order valence-electron chi connectivity index (χ0n) is 12.8. The molecule has 3 nitrogen and oxygen atoms in total. The topological polar surface area (TPSA) is 27.7 Å². The van der Waals surface area contributed by atoms with E-state index in [2.05, 4.69) is 19.9 Å². The molecule has 0 fully saturated rings. The van der Waals surface area contributed by atoms with Crippen molar-refractivity contribution in [3.63, 3.8) is 0 Å². The lowest BCUT2D eigenvalue weighted by Crippen LogP contribution is -2.03. The van der Waals surface area contributed by atoms with E-state index < -0.39 is 0 Å². The molecular weight excluding hydrogens is 240 g/mol. The third kappa shape index (κ3) is 3.55. The van der Waals surface area contributed by atoms with Gasteiger partial charge >= 0.3 is 0 Å². The summed E-state index contributed by atoms with van der Waals surface area (Å²) in [6.07, 6.45) is 4.73. The fraction of sp³-hybridized carbons (Fsp3) is 0.625. The second-order valence-corrected chi connectivity index (χ2v) is 4.67. The normalized spacial score (nSPS) is 12.1. The molecule has 0 heterocycles. The molecule has 1 aromatic rings. The maximum Gasteiger partial charge on any atom is 0.203 e. The first kappa shape index (κ1) is 15.7. The van der Waals surface area contributed by atoms with Crippen LogP contribution in [0, 0.1) is 0 Å². The highest BCUT2D eigenvalue weighted by molar-refractivity contribution is 5.56. The third-order valence-corrected chi connectivity index (χ3v) is 3.57. The van der Waals surface area contributed by atoms with Crippen molar-refractivity contribution >= 4 is 0 Å². The Labute approximate surface area is 116 Å². The summed E-state index contributed by atoms with van der Waals surface area (Å²) in [7, 11) is 4.98. The number of unbranched alkanes of at least 4 members (excludes halogenated alkanes) is 1. The van der Waals surface area contributed by atoms with E-state index in [-0.39, 0.29) is 0 Å². The lowest BCUT2D eigenvalue weighted by molar-refractivity contribution is 0.319. The Morgan fingerprint density at radius 1 is 0.947 bits per heavy atom. The van der Waals surface area contributed by atoms with Gasteiger partial charge in [0.15, 0.2) is 11.5 Å². The van der Waals surface area contributed by atoms with Crippen molar-refractivity contribution in [1.82, 2.24) is 0 Å². The summed E-state index contributed by atoms with van der Waals surface area (Å²) in [6.45, 7) is 4.44. The van der Waals surface area contributed by atoms with Crippen LogP contribution in [0.25, 0.3) is 0 Å². The molecular formula is C16H26O3. The van der Waals surface area contributed by atoms with Crippen molar-refractivity contribution in [2.75, 3.05) is 21.3 Å². The lowest BCUT2D eigenvalue weighted by Gasteiger charge is -2.21. The number of hydrogen-bond acceptors (Lipinski definition) is 3. The molecule has 0 aliphatic heterocycles. The zero-order valence-corrected chi connectivity index (χ0v) is 12.8. The Bertz CT molecular complexity index is 388. The smallest absolute Gasteiger partial charge is 0.203 e. The molecule has 108 valence electrons. The summed E-state index contributed by atoms with van der Waals surface area (Å²) < 4.78 is 16.3. The van der Waals surface area contributed by atoms with E-state index in [9.17, 15) is 0 Å². The van der Waals surface area contributed by atoms with Gasteiger partial charge < -0.3 is 14.2 Å². The van der Waals surface area contributed by atoms with Gasteiger partial charge in [0.25, 0.3) is 0 Å². The summed E-state index contributed by atoms with van der Waals surface area (Å²) in [6, 6.07) is 4.06. The van der Waals surface area contributed by atoms with E-state index in [1.54, 1.807) is 21.3 Å². The molecule has 0 radical (unpaired) electrons. The first-order valence-corrected chi connectivity index (χ1v) is 7.02. The van der Waals surface area contributed by atoms with Crippen LogP contribution in [0.3, 0.4) is 0 Å². The first-order valence-electron chi connectivity index (χ1n) is 7.02. The van der Waals surface area contributed by atoms with Gasteiger partial charge in [-0.25, -0.2) is 0 Å². The van der Waals surface area contributed by atoms with Crippen LogP contribution in [0.15, 0.2) is 12.1 Å². The molecule has 0 bridgehead atoms. The van der Waals surface area contributed by atoms with Crippen molar-refractivity contribution in [2.24, 2.45) is 0 Å². The highest BCUT2D eigenvalue weighted by atomic mass is 16.5. The number of rotatable bonds is 8. The average molecular weight is 266 g/mol. The van der Waals surface area contributed by atoms with Crippen LogP contribution in [0.4, 0.5) is 0 Å². The van der Waals surface area contributed by atoms with Crippen LogP contribution in [-0.4, -0.2) is 21.3 Å². The lowest BCUT2D eigenvalue weighted by atomic mass is 9.90. The van der Waals surface area contributed by atoms with Crippen molar-refractivity contribution in [1.29, 1.82) is 0 Å². The molecule has 1 atom stereocenters. The van der Waals surface area contributed by atoms with Crippen molar-refractivity contribution in [2.45, 2.75) is 45.4 Å². The molecule has 19 heavy (non-hydrogen) atoms. The predicted octanol–water partition coefficient (Wildman–Crippen LogP) is 4.40. The minimum Gasteiger partial charge on any atom is -0.493 e. The van der Waals surface area contributed by atoms with Gasteiger partial charge in [-0.15, -0.1) is 0 Å². The molecule has 0 N–H and O–H groups in total. The molecule has 0 saturated heterocycles. The SMILES string of the molecule is CCCCC(CC)c1ccc(OC)c(OC)c1OC. The number of hydrogen-bond donors (Lipinski definition) is 0. The van der Waals surface area contributed by atoms with Crippen molar-refractivity contribution in [3.05, 3.63) is 17.7 Å². The molecule has 1 aromatic carbocycles. The van der Waals surface area contributed by atoms with E-state index in [1.807, 2.05) is 6.07 Å². The van der Waals surface area contributed by atoms with Gasteiger partial charge in [0.1, 0.15) is 0 Å². The Balaban J connectivity index is 3.18. The Morgan fingerprint density at radius 2 is 1.63 bits per heavy atom. The van der Waals surface area contributed by atoms with E-state index in [1.165, 1.54) is 24.8 Å². The van der Waals surface area contributed by atoms with Crippen LogP contribution in [-0.2, 0) is 0 Å². The second kappa shape index (κ2) is 7.93. The molecule has 1 rings (SSSR count). The maximum atomic E-state index is 5.57. The van der Waals surface area contributed by atoms with E-state index in [0.717, 1.165) is 12.2 Å². The van der Waals surface area contributed by atoms with Gasteiger partial charge in [-0.05, 0) is 24.8 Å². The Kier molecular flexibility index (Phi) is 6.54. The maximum absolute atomic E-state index is 5.57. The minimum absolute atomic E-state index is 0.509. The van der Waals surface area contributed by atoms with E-state index >= 15 is 0 Å². The second-order valence-electron chi connectivity index (χ2n) is 4.67. The zero-order chi connectivity index (χ0) is 14.3. The summed E-state index contributed by atoms with van der Waals surface area (Å²) in [5, 5.41) is 0. The first-order chi connectivity index (χ1) is 9.23. The molecule has 0 spiro atoms. The quantitative estimate of drug-likeness (QED) is 0.698. The largest absolute Gasteiger partial charge is 0.493 e. The fourth-order valence-corrected chi connectivity index (χ4v) is 2.48. The summed E-state index contributed by atoms with van der Waals surface area (Å²) >= 11 is 0. The van der Waals surface area contributed by atoms with E-state index in [4.69, 9.17) is 14.2 Å². The molecule has 3 heteroatoms. The van der Waals surface area contributed by atoms with Gasteiger partial charge in [-0.3, -0.25) is 0 Å². The van der Waals surface area contributed by atoms with Gasteiger partial charge in [-0.2, -0.15) is 0 Å².